The molecule has 2 aromatic carbocycles. The normalized spacial score (nSPS) is 14.9. The van der Waals surface area contributed by atoms with Gasteiger partial charge >= 0.3 is 0 Å². The molecule has 3 rings (SSSR count). The molecule has 192 valence electrons. The van der Waals surface area contributed by atoms with Gasteiger partial charge in [0.15, 0.2) is 5.12 Å². The number of carbonyl (C=O) groups is 2. The first-order valence-corrected chi connectivity index (χ1v) is 15.0. The minimum Gasteiger partial charge on any atom is -0.302 e. The molecule has 0 spiro atoms. The van der Waals surface area contributed by atoms with Crippen molar-refractivity contribution in [3.05, 3.63) is 54.6 Å². The molecule has 2 aromatic rings. The summed E-state index contributed by atoms with van der Waals surface area (Å²) in [4.78, 5) is 25.6. The number of benzene rings is 2. The van der Waals surface area contributed by atoms with Gasteiger partial charge in [-0.05, 0) is 83.1 Å². The van der Waals surface area contributed by atoms with Gasteiger partial charge in [0.25, 0.3) is 0 Å². The van der Waals surface area contributed by atoms with E-state index >= 15 is 0 Å². The second-order valence-electron chi connectivity index (χ2n) is 8.61. The number of nitrogens with zero attached hydrogens (tertiary/aromatic N) is 2. The number of ketones is 1. The van der Waals surface area contributed by atoms with Crippen molar-refractivity contribution in [1.29, 1.82) is 0 Å². The van der Waals surface area contributed by atoms with Crippen LogP contribution in [-0.4, -0.2) is 66.5 Å². The Bertz CT molecular complexity index is 1030. The zero-order valence-corrected chi connectivity index (χ0v) is 23.4. The predicted octanol–water partition coefficient (Wildman–Crippen LogP) is 5.19. The molecule has 1 aliphatic rings. The summed E-state index contributed by atoms with van der Waals surface area (Å²) in [7, 11) is -3.66. The van der Waals surface area contributed by atoms with Crippen LogP contribution >= 0.6 is 23.5 Å². The van der Waals surface area contributed by atoms with Crippen LogP contribution in [0.1, 0.15) is 40.5 Å². The van der Waals surface area contributed by atoms with Crippen LogP contribution < -0.4 is 0 Å². The van der Waals surface area contributed by atoms with E-state index in [1.807, 2.05) is 49.4 Å². The van der Waals surface area contributed by atoms with Gasteiger partial charge in [-0.3, -0.25) is 4.79 Å². The van der Waals surface area contributed by atoms with Gasteiger partial charge in [-0.25, -0.2) is 8.42 Å². The Labute approximate surface area is 218 Å². The maximum Gasteiger partial charge on any atom is 0.243 e. The van der Waals surface area contributed by atoms with Crippen molar-refractivity contribution >= 4 is 44.4 Å². The highest BCUT2D eigenvalue weighted by Gasteiger charge is 2.30. The minimum atomic E-state index is -3.66. The summed E-state index contributed by atoms with van der Waals surface area (Å²) in [5.74, 6) is 0.622. The summed E-state index contributed by atoms with van der Waals surface area (Å²) in [6, 6.07) is 16.8. The summed E-state index contributed by atoms with van der Waals surface area (Å²) in [5.41, 5.74) is 0. The molecule has 35 heavy (non-hydrogen) atoms. The fourth-order valence-corrected chi connectivity index (χ4v) is 6.79. The van der Waals surface area contributed by atoms with E-state index in [0.29, 0.717) is 17.2 Å². The van der Waals surface area contributed by atoms with E-state index in [4.69, 9.17) is 0 Å². The van der Waals surface area contributed by atoms with E-state index in [2.05, 4.69) is 4.90 Å². The van der Waals surface area contributed by atoms with E-state index in [9.17, 15) is 18.0 Å². The summed E-state index contributed by atoms with van der Waals surface area (Å²) in [6.07, 6.45) is 2.34. The molecule has 9 heteroatoms. The Morgan fingerprint density at radius 1 is 0.943 bits per heavy atom. The first-order valence-electron chi connectivity index (χ1n) is 11.8. The topological polar surface area (TPSA) is 74.8 Å². The van der Waals surface area contributed by atoms with Gasteiger partial charge in [0.05, 0.1) is 4.90 Å². The molecule has 1 atom stereocenters. The molecule has 1 fully saturated rings. The number of Topliss-reactive ketones (excluding diaryl/α,β-unsaturated/α-hetero) is 1. The van der Waals surface area contributed by atoms with Crippen LogP contribution in [0.2, 0.25) is 0 Å². The summed E-state index contributed by atoms with van der Waals surface area (Å²) in [5, 5.41) is 0.00558. The molecule has 0 saturated carbocycles. The Hall–Kier alpha value is -1.65. The molecule has 0 N–H and O–H groups in total. The van der Waals surface area contributed by atoms with E-state index in [1.165, 1.54) is 45.4 Å². The van der Waals surface area contributed by atoms with E-state index < -0.39 is 10.0 Å². The van der Waals surface area contributed by atoms with E-state index in [-0.39, 0.29) is 16.9 Å². The summed E-state index contributed by atoms with van der Waals surface area (Å²) >= 11 is 2.78. The van der Waals surface area contributed by atoms with Gasteiger partial charge in [-0.15, -0.1) is 0 Å². The van der Waals surface area contributed by atoms with Crippen molar-refractivity contribution in [2.24, 2.45) is 0 Å². The molecule has 0 amide bonds. The Kier molecular flexibility index (Phi) is 12.5. The molecule has 0 aromatic heterocycles. The summed E-state index contributed by atoms with van der Waals surface area (Å²) < 4.78 is 28.6. The first-order chi connectivity index (χ1) is 16.6. The SMILES string of the molecule is CC(=O)SC[C@@H](C)N(CCN1CCCC1)S(=O)(=O)c1ccc(Sc2ccccc2)cc1.CC(C)=O. The molecule has 0 unspecified atom stereocenters. The van der Waals surface area contributed by atoms with Crippen LogP contribution in [0.5, 0.6) is 0 Å². The van der Waals surface area contributed by atoms with Crippen LogP contribution in [0.3, 0.4) is 0 Å². The number of hydrogen-bond donors (Lipinski definition) is 0. The fourth-order valence-electron chi connectivity index (χ4n) is 3.58. The van der Waals surface area contributed by atoms with Gasteiger partial charge in [-0.2, -0.15) is 4.31 Å². The third-order valence-electron chi connectivity index (χ3n) is 5.26. The minimum absolute atomic E-state index is 0.00558. The Balaban J connectivity index is 0.00000100. The van der Waals surface area contributed by atoms with Crippen molar-refractivity contribution < 1.29 is 18.0 Å². The van der Waals surface area contributed by atoms with Gasteiger partial charge in [0, 0.05) is 41.6 Å². The zero-order valence-electron chi connectivity index (χ0n) is 21.0. The Morgan fingerprint density at radius 3 is 2.03 bits per heavy atom. The van der Waals surface area contributed by atoms with Crippen molar-refractivity contribution in [2.75, 3.05) is 31.9 Å². The van der Waals surface area contributed by atoms with Crippen LogP contribution in [0.15, 0.2) is 69.3 Å². The highest BCUT2D eigenvalue weighted by Crippen LogP contribution is 2.29. The Morgan fingerprint density at radius 2 is 1.49 bits per heavy atom. The highest BCUT2D eigenvalue weighted by molar-refractivity contribution is 8.13. The lowest BCUT2D eigenvalue weighted by molar-refractivity contribution is -0.115. The van der Waals surface area contributed by atoms with Crippen LogP contribution in [0.25, 0.3) is 0 Å². The molecule has 0 bridgehead atoms. The van der Waals surface area contributed by atoms with Crippen molar-refractivity contribution in [3.63, 3.8) is 0 Å². The van der Waals surface area contributed by atoms with Gasteiger partial charge in [0.1, 0.15) is 5.78 Å². The lowest BCUT2D eigenvalue weighted by Gasteiger charge is -2.30. The average molecular weight is 537 g/mol. The van der Waals surface area contributed by atoms with Gasteiger partial charge in [0.2, 0.25) is 10.0 Å². The molecule has 1 heterocycles. The van der Waals surface area contributed by atoms with Gasteiger partial charge < -0.3 is 9.69 Å². The standard InChI is InChI=1S/C23H30N2O3S3.C3H6O/c1-19(18-29-20(2)26)25(17-16-24-14-6-7-15-24)31(27,28)23-12-10-22(11-13-23)30-21-8-4-3-5-9-21;1-3(2)4/h3-5,8-13,19H,6-7,14-18H2,1-2H3;1-2H3/t19-;/m1./s1. The van der Waals surface area contributed by atoms with E-state index in [1.54, 1.807) is 28.2 Å². The second kappa shape index (κ2) is 14.8. The van der Waals surface area contributed by atoms with Gasteiger partial charge in [-0.1, -0.05) is 41.7 Å². The first kappa shape index (κ1) is 29.6. The van der Waals surface area contributed by atoms with Crippen LogP contribution in [-0.2, 0) is 19.6 Å². The third-order valence-corrected chi connectivity index (χ3v) is 9.36. The molecule has 0 aliphatic carbocycles. The number of thioether (sulfide) groups is 1. The zero-order chi connectivity index (χ0) is 25.8. The molecule has 1 aliphatic heterocycles. The van der Waals surface area contributed by atoms with Crippen molar-refractivity contribution in [3.8, 4) is 0 Å². The second-order valence-corrected chi connectivity index (χ2v) is 12.8. The highest BCUT2D eigenvalue weighted by atomic mass is 32.2. The number of rotatable bonds is 10. The molecule has 6 nitrogen and oxygen atoms in total. The smallest absolute Gasteiger partial charge is 0.243 e. The summed E-state index contributed by atoms with van der Waals surface area (Å²) in [6.45, 7) is 9.66. The lowest BCUT2D eigenvalue weighted by Crippen LogP contribution is -2.44. The average Bonchev–Trinajstić information content (AvgIpc) is 3.32. The number of carbonyl (C=O) groups excluding carboxylic acids is 2. The fraction of sp³-hybridized carbons (Fsp3) is 0.462. The third kappa shape index (κ3) is 10.5. The largest absolute Gasteiger partial charge is 0.302 e. The lowest BCUT2D eigenvalue weighted by atomic mass is 10.4. The maximum atomic E-state index is 13.5. The molecule has 1 saturated heterocycles. The quantitative estimate of drug-likeness (QED) is 0.414. The molecule has 0 radical (unpaired) electrons. The number of likely N-dealkylation sites (tertiary alicyclic amines) is 1. The van der Waals surface area contributed by atoms with Crippen LogP contribution in [0, 0.1) is 0 Å². The molecular formula is C26H36N2O4S3. The number of hydrogen-bond acceptors (Lipinski definition) is 7. The van der Waals surface area contributed by atoms with E-state index in [0.717, 1.165) is 29.4 Å². The molecular weight excluding hydrogens is 500 g/mol. The van der Waals surface area contributed by atoms with Crippen molar-refractivity contribution in [1.82, 2.24) is 9.21 Å². The monoisotopic (exact) mass is 536 g/mol. The van der Waals surface area contributed by atoms with Crippen molar-refractivity contribution in [2.45, 2.75) is 61.3 Å². The number of sulfonamides is 1. The predicted molar refractivity (Wildman–Crippen MR) is 146 cm³/mol. The van der Waals surface area contributed by atoms with Crippen LogP contribution in [0.4, 0.5) is 0 Å². The maximum absolute atomic E-state index is 13.5.